The molecule has 2 N–H and O–H groups in total. The van der Waals surface area contributed by atoms with Crippen molar-refractivity contribution in [3.8, 4) is 6.07 Å². The minimum absolute atomic E-state index is 0.0219. The summed E-state index contributed by atoms with van der Waals surface area (Å²) in [4.78, 5) is 3.53. The van der Waals surface area contributed by atoms with Crippen molar-refractivity contribution in [3.63, 3.8) is 0 Å². The largest absolute Gasteiger partial charge is 0.326 e. The van der Waals surface area contributed by atoms with Crippen LogP contribution in [0.2, 0.25) is 0 Å². The van der Waals surface area contributed by atoms with Gasteiger partial charge < -0.3 is 5.73 Å². The van der Waals surface area contributed by atoms with Crippen molar-refractivity contribution in [2.75, 3.05) is 0 Å². The number of halogens is 2. The third kappa shape index (κ3) is 1.86. The first-order valence-corrected chi connectivity index (χ1v) is 3.99. The molecule has 0 saturated heterocycles. The maximum Gasteiger partial charge on any atom is 0.280 e. The first-order chi connectivity index (χ1) is 6.60. The molecule has 74 valence electrons. The number of hydrogen-bond donors (Lipinski definition) is 1. The number of aromatic nitrogens is 1. The molecule has 1 heterocycles. The van der Waals surface area contributed by atoms with Crippen LogP contribution in [-0.4, -0.2) is 4.98 Å². The number of nitriles is 1. The third-order valence-corrected chi connectivity index (χ3v) is 1.96. The molecule has 5 heteroatoms. The molecule has 0 radical (unpaired) electrons. The van der Waals surface area contributed by atoms with E-state index in [2.05, 4.69) is 4.98 Å². The standard InChI is InChI=1S/C9H9F2N3/c1-5-6(3-12)2-7(4-13)14-8(5)9(10)11/h2,9H,3,12H2,1H3. The van der Waals surface area contributed by atoms with Gasteiger partial charge in [-0.3, -0.25) is 0 Å². The molecule has 1 rings (SSSR count). The molecule has 0 bridgehead atoms. The smallest absolute Gasteiger partial charge is 0.280 e. The fourth-order valence-corrected chi connectivity index (χ4v) is 1.17. The van der Waals surface area contributed by atoms with Crippen LogP contribution in [0.3, 0.4) is 0 Å². The molecule has 0 unspecified atom stereocenters. The second kappa shape index (κ2) is 4.11. The summed E-state index contributed by atoms with van der Waals surface area (Å²) in [5, 5.41) is 8.56. The predicted octanol–water partition coefficient (Wildman–Crippen LogP) is 1.66. The average Bonchev–Trinajstić information content (AvgIpc) is 2.17. The van der Waals surface area contributed by atoms with Gasteiger partial charge in [0.05, 0.1) is 0 Å². The number of nitrogens with zero attached hydrogens (tertiary/aromatic N) is 2. The van der Waals surface area contributed by atoms with Gasteiger partial charge in [0, 0.05) is 6.54 Å². The van der Waals surface area contributed by atoms with Gasteiger partial charge in [-0.15, -0.1) is 0 Å². The Kier molecular flexibility index (Phi) is 3.10. The van der Waals surface area contributed by atoms with Gasteiger partial charge in [-0.05, 0) is 24.1 Å². The molecular formula is C9H9F2N3. The van der Waals surface area contributed by atoms with Crippen LogP contribution in [-0.2, 0) is 6.54 Å². The van der Waals surface area contributed by atoms with Crippen molar-refractivity contribution in [1.29, 1.82) is 5.26 Å². The topological polar surface area (TPSA) is 62.7 Å². The van der Waals surface area contributed by atoms with Crippen LogP contribution >= 0.6 is 0 Å². The molecule has 0 spiro atoms. The Labute approximate surface area is 80.2 Å². The summed E-state index contributed by atoms with van der Waals surface area (Å²) in [7, 11) is 0. The van der Waals surface area contributed by atoms with Crippen LogP contribution in [0.4, 0.5) is 8.78 Å². The van der Waals surface area contributed by atoms with E-state index in [9.17, 15) is 8.78 Å². The summed E-state index contributed by atoms with van der Waals surface area (Å²) in [6, 6.07) is 3.16. The van der Waals surface area contributed by atoms with E-state index in [-0.39, 0.29) is 17.9 Å². The Morgan fingerprint density at radius 3 is 2.71 bits per heavy atom. The first-order valence-electron chi connectivity index (χ1n) is 3.99. The molecule has 0 fully saturated rings. The van der Waals surface area contributed by atoms with Gasteiger partial charge in [0.15, 0.2) is 0 Å². The van der Waals surface area contributed by atoms with Crippen LogP contribution in [0.25, 0.3) is 0 Å². The van der Waals surface area contributed by atoms with Crippen LogP contribution in [0.1, 0.15) is 28.9 Å². The maximum absolute atomic E-state index is 12.4. The van der Waals surface area contributed by atoms with Gasteiger partial charge in [-0.25, -0.2) is 13.8 Å². The highest BCUT2D eigenvalue weighted by molar-refractivity contribution is 5.36. The van der Waals surface area contributed by atoms with Gasteiger partial charge in [-0.2, -0.15) is 5.26 Å². The van der Waals surface area contributed by atoms with Crippen LogP contribution in [0, 0.1) is 18.3 Å². The number of pyridine rings is 1. The molecule has 0 amide bonds. The van der Waals surface area contributed by atoms with E-state index in [0.717, 1.165) is 0 Å². The van der Waals surface area contributed by atoms with Crippen molar-refractivity contribution in [2.24, 2.45) is 5.73 Å². The van der Waals surface area contributed by atoms with E-state index in [4.69, 9.17) is 11.0 Å². The van der Waals surface area contributed by atoms with Crippen molar-refractivity contribution >= 4 is 0 Å². The highest BCUT2D eigenvalue weighted by Crippen LogP contribution is 2.23. The quantitative estimate of drug-likeness (QED) is 0.784. The summed E-state index contributed by atoms with van der Waals surface area (Å²) in [5.74, 6) is 0. The fourth-order valence-electron chi connectivity index (χ4n) is 1.17. The summed E-state index contributed by atoms with van der Waals surface area (Å²) in [5.41, 5.74) is 5.88. The maximum atomic E-state index is 12.4. The van der Waals surface area contributed by atoms with Crippen molar-refractivity contribution in [3.05, 3.63) is 28.6 Å². The molecule has 0 aromatic carbocycles. The van der Waals surface area contributed by atoms with Crippen molar-refractivity contribution < 1.29 is 8.78 Å². The minimum Gasteiger partial charge on any atom is -0.326 e. The molecule has 1 aromatic heterocycles. The van der Waals surface area contributed by atoms with E-state index >= 15 is 0 Å². The Morgan fingerprint density at radius 1 is 1.64 bits per heavy atom. The number of nitrogens with two attached hydrogens (primary N) is 1. The van der Waals surface area contributed by atoms with Crippen molar-refractivity contribution in [2.45, 2.75) is 19.9 Å². The van der Waals surface area contributed by atoms with Crippen LogP contribution in [0.15, 0.2) is 6.07 Å². The molecule has 3 nitrogen and oxygen atoms in total. The molecule has 0 atom stereocenters. The fraction of sp³-hybridized carbons (Fsp3) is 0.333. The summed E-state index contributed by atoms with van der Waals surface area (Å²) in [6.07, 6.45) is -2.67. The zero-order chi connectivity index (χ0) is 10.7. The second-order valence-electron chi connectivity index (χ2n) is 2.79. The number of rotatable bonds is 2. The first kappa shape index (κ1) is 10.5. The monoisotopic (exact) mass is 197 g/mol. The molecule has 0 aliphatic rings. The summed E-state index contributed by atoms with van der Waals surface area (Å²) >= 11 is 0. The molecule has 0 aliphatic carbocycles. The number of alkyl halides is 2. The van der Waals surface area contributed by atoms with Gasteiger partial charge in [0.1, 0.15) is 17.5 Å². The van der Waals surface area contributed by atoms with Crippen LogP contribution in [0.5, 0.6) is 0 Å². The highest BCUT2D eigenvalue weighted by Gasteiger charge is 2.16. The molecule has 0 aliphatic heterocycles. The minimum atomic E-state index is -2.67. The van der Waals surface area contributed by atoms with E-state index < -0.39 is 6.43 Å². The van der Waals surface area contributed by atoms with Gasteiger partial charge in [0.2, 0.25) is 0 Å². The van der Waals surface area contributed by atoms with Gasteiger partial charge in [0.25, 0.3) is 6.43 Å². The van der Waals surface area contributed by atoms with E-state index in [1.165, 1.54) is 13.0 Å². The zero-order valence-electron chi connectivity index (χ0n) is 7.59. The predicted molar refractivity (Wildman–Crippen MR) is 46.5 cm³/mol. The lowest BCUT2D eigenvalue weighted by molar-refractivity contribution is 0.145. The Morgan fingerprint density at radius 2 is 2.29 bits per heavy atom. The normalized spacial score (nSPS) is 10.3. The lowest BCUT2D eigenvalue weighted by atomic mass is 10.1. The third-order valence-electron chi connectivity index (χ3n) is 1.96. The summed E-state index contributed by atoms with van der Waals surface area (Å²) < 4.78 is 24.9. The molecule has 1 aromatic rings. The van der Waals surface area contributed by atoms with Gasteiger partial charge in [-0.1, -0.05) is 0 Å². The van der Waals surface area contributed by atoms with Crippen molar-refractivity contribution in [1.82, 2.24) is 4.98 Å². The number of hydrogen-bond acceptors (Lipinski definition) is 3. The van der Waals surface area contributed by atoms with E-state index in [0.29, 0.717) is 11.1 Å². The SMILES string of the molecule is Cc1c(CN)cc(C#N)nc1C(F)F. The molecular weight excluding hydrogens is 188 g/mol. The molecule has 14 heavy (non-hydrogen) atoms. The van der Waals surface area contributed by atoms with E-state index in [1.807, 2.05) is 0 Å². The Balaban J connectivity index is 3.36. The van der Waals surface area contributed by atoms with E-state index in [1.54, 1.807) is 6.07 Å². The lowest BCUT2D eigenvalue weighted by Crippen LogP contribution is -2.06. The Bertz CT molecular complexity index is 382. The van der Waals surface area contributed by atoms with Crippen LogP contribution < -0.4 is 5.73 Å². The lowest BCUT2D eigenvalue weighted by Gasteiger charge is -2.08. The highest BCUT2D eigenvalue weighted by atomic mass is 19.3. The second-order valence-corrected chi connectivity index (χ2v) is 2.79. The Hall–Kier alpha value is -1.54. The average molecular weight is 197 g/mol. The summed E-state index contributed by atoms with van der Waals surface area (Å²) in [6.45, 7) is 1.65. The zero-order valence-corrected chi connectivity index (χ0v) is 7.59. The van der Waals surface area contributed by atoms with Gasteiger partial charge >= 0.3 is 0 Å². The molecule has 0 saturated carbocycles.